The molecule has 108 valence electrons. The number of nitrogen functional groups attached to an aromatic ring is 1. The number of benzene rings is 1. The molecule has 0 spiro atoms. The summed E-state index contributed by atoms with van der Waals surface area (Å²) in [6.07, 6.45) is 3.36. The number of nitrogens with zero attached hydrogens (tertiary/aromatic N) is 3. The second-order valence-electron chi connectivity index (χ2n) is 6.01. The lowest BCUT2D eigenvalue weighted by atomic mass is 9.98. The standard InChI is InChI=1S/C16H24N4/c1-4-16-18-14-10-12(17)5-6-15(14)20(16)13-7-8-19(3)11(2)9-13/h5-6,10-11,13H,4,7-9,17H2,1-3H3. The highest BCUT2D eigenvalue weighted by Gasteiger charge is 2.26. The molecule has 1 aromatic carbocycles. The fourth-order valence-corrected chi connectivity index (χ4v) is 3.32. The first-order chi connectivity index (χ1) is 9.60. The Morgan fingerprint density at radius 3 is 2.90 bits per heavy atom. The van der Waals surface area contributed by atoms with Crippen molar-refractivity contribution in [2.75, 3.05) is 19.3 Å². The quantitative estimate of drug-likeness (QED) is 0.855. The van der Waals surface area contributed by atoms with E-state index in [1.807, 2.05) is 12.1 Å². The molecule has 0 aliphatic carbocycles. The third-order valence-electron chi connectivity index (χ3n) is 4.65. The number of piperidine rings is 1. The lowest BCUT2D eigenvalue weighted by Crippen LogP contribution is -2.38. The molecule has 4 nitrogen and oxygen atoms in total. The molecule has 0 bridgehead atoms. The Balaban J connectivity index is 2.05. The van der Waals surface area contributed by atoms with Gasteiger partial charge in [-0.15, -0.1) is 0 Å². The van der Waals surface area contributed by atoms with Crippen LogP contribution in [0.3, 0.4) is 0 Å². The SMILES string of the molecule is CCc1nc2cc(N)ccc2n1C1CCN(C)C(C)C1. The third-order valence-corrected chi connectivity index (χ3v) is 4.65. The molecule has 0 radical (unpaired) electrons. The molecule has 2 unspecified atom stereocenters. The van der Waals surface area contributed by atoms with E-state index in [9.17, 15) is 0 Å². The maximum atomic E-state index is 5.89. The van der Waals surface area contributed by atoms with E-state index in [1.54, 1.807) is 0 Å². The normalized spacial score (nSPS) is 24.4. The van der Waals surface area contributed by atoms with Crippen molar-refractivity contribution in [3.05, 3.63) is 24.0 Å². The van der Waals surface area contributed by atoms with Crippen molar-refractivity contribution in [3.8, 4) is 0 Å². The van der Waals surface area contributed by atoms with Gasteiger partial charge in [-0.1, -0.05) is 6.92 Å². The number of likely N-dealkylation sites (tertiary alicyclic amines) is 1. The summed E-state index contributed by atoms with van der Waals surface area (Å²) in [7, 11) is 2.22. The van der Waals surface area contributed by atoms with Crippen LogP contribution in [-0.4, -0.2) is 34.1 Å². The fourth-order valence-electron chi connectivity index (χ4n) is 3.32. The number of imidazole rings is 1. The lowest BCUT2D eigenvalue weighted by molar-refractivity contribution is 0.157. The second kappa shape index (κ2) is 5.09. The number of hydrogen-bond acceptors (Lipinski definition) is 3. The van der Waals surface area contributed by atoms with Gasteiger partial charge in [0.1, 0.15) is 5.82 Å². The number of aromatic nitrogens is 2. The summed E-state index contributed by atoms with van der Waals surface area (Å²) in [5.41, 5.74) is 8.95. The number of hydrogen-bond donors (Lipinski definition) is 1. The van der Waals surface area contributed by atoms with Crippen LogP contribution >= 0.6 is 0 Å². The Bertz CT molecular complexity index is 616. The molecular weight excluding hydrogens is 248 g/mol. The summed E-state index contributed by atoms with van der Waals surface area (Å²) in [5.74, 6) is 1.19. The van der Waals surface area contributed by atoms with Crippen molar-refractivity contribution < 1.29 is 0 Å². The lowest BCUT2D eigenvalue weighted by Gasteiger charge is -2.36. The molecule has 0 amide bonds. The van der Waals surface area contributed by atoms with Crippen molar-refractivity contribution in [3.63, 3.8) is 0 Å². The smallest absolute Gasteiger partial charge is 0.109 e. The first-order valence-corrected chi connectivity index (χ1v) is 7.56. The molecule has 2 atom stereocenters. The van der Waals surface area contributed by atoms with Crippen LogP contribution in [0.1, 0.15) is 38.6 Å². The monoisotopic (exact) mass is 272 g/mol. The number of aryl methyl sites for hydroxylation is 1. The molecule has 20 heavy (non-hydrogen) atoms. The van der Waals surface area contributed by atoms with Gasteiger partial charge in [-0.25, -0.2) is 4.98 Å². The molecule has 4 heteroatoms. The first kappa shape index (κ1) is 13.4. The summed E-state index contributed by atoms with van der Waals surface area (Å²) in [5, 5.41) is 0. The van der Waals surface area contributed by atoms with Gasteiger partial charge in [-0.3, -0.25) is 0 Å². The van der Waals surface area contributed by atoms with E-state index in [2.05, 4.69) is 36.4 Å². The van der Waals surface area contributed by atoms with Crippen LogP contribution in [-0.2, 0) is 6.42 Å². The minimum absolute atomic E-state index is 0.560. The molecule has 1 fully saturated rings. The van der Waals surface area contributed by atoms with Gasteiger partial charge >= 0.3 is 0 Å². The number of rotatable bonds is 2. The molecule has 2 N–H and O–H groups in total. The van der Waals surface area contributed by atoms with Crippen molar-refractivity contribution in [2.24, 2.45) is 0 Å². The van der Waals surface area contributed by atoms with Crippen LogP contribution in [0.15, 0.2) is 18.2 Å². The number of anilines is 1. The van der Waals surface area contributed by atoms with Crippen molar-refractivity contribution in [1.29, 1.82) is 0 Å². The minimum Gasteiger partial charge on any atom is -0.399 e. The first-order valence-electron chi connectivity index (χ1n) is 7.56. The minimum atomic E-state index is 0.560. The average Bonchev–Trinajstić information content (AvgIpc) is 2.79. The Morgan fingerprint density at radius 1 is 1.40 bits per heavy atom. The topological polar surface area (TPSA) is 47.1 Å². The van der Waals surface area contributed by atoms with Crippen LogP contribution in [0.4, 0.5) is 5.69 Å². The van der Waals surface area contributed by atoms with E-state index in [4.69, 9.17) is 10.7 Å². The highest BCUT2D eigenvalue weighted by atomic mass is 15.2. The molecular formula is C16H24N4. The molecule has 1 saturated heterocycles. The highest BCUT2D eigenvalue weighted by Crippen LogP contribution is 2.31. The van der Waals surface area contributed by atoms with Crippen LogP contribution < -0.4 is 5.73 Å². The summed E-state index contributed by atoms with van der Waals surface area (Å²) in [6, 6.07) is 7.29. The van der Waals surface area contributed by atoms with E-state index in [0.717, 1.165) is 24.2 Å². The van der Waals surface area contributed by atoms with E-state index in [0.29, 0.717) is 12.1 Å². The summed E-state index contributed by atoms with van der Waals surface area (Å²) < 4.78 is 2.46. The van der Waals surface area contributed by atoms with E-state index >= 15 is 0 Å². The number of nitrogens with two attached hydrogens (primary N) is 1. The van der Waals surface area contributed by atoms with Gasteiger partial charge in [-0.2, -0.15) is 0 Å². The van der Waals surface area contributed by atoms with E-state index < -0.39 is 0 Å². The molecule has 1 aliphatic heterocycles. The van der Waals surface area contributed by atoms with Crippen LogP contribution in [0.5, 0.6) is 0 Å². The largest absolute Gasteiger partial charge is 0.399 e. The van der Waals surface area contributed by atoms with Crippen molar-refractivity contribution in [2.45, 2.75) is 45.2 Å². The maximum Gasteiger partial charge on any atom is 0.109 e. The predicted octanol–water partition coefficient (Wildman–Crippen LogP) is 2.84. The average molecular weight is 272 g/mol. The van der Waals surface area contributed by atoms with Gasteiger partial charge in [0.05, 0.1) is 11.0 Å². The molecule has 1 aliphatic rings. The molecule has 2 heterocycles. The second-order valence-corrected chi connectivity index (χ2v) is 6.01. The van der Waals surface area contributed by atoms with E-state index in [-0.39, 0.29) is 0 Å². The van der Waals surface area contributed by atoms with Crippen molar-refractivity contribution >= 4 is 16.7 Å². The molecule has 0 saturated carbocycles. The summed E-state index contributed by atoms with van der Waals surface area (Å²) >= 11 is 0. The zero-order valence-corrected chi connectivity index (χ0v) is 12.6. The van der Waals surface area contributed by atoms with E-state index in [1.165, 1.54) is 24.2 Å². The maximum absolute atomic E-state index is 5.89. The van der Waals surface area contributed by atoms with Crippen molar-refractivity contribution in [1.82, 2.24) is 14.5 Å². The highest BCUT2D eigenvalue weighted by molar-refractivity contribution is 5.79. The fraction of sp³-hybridized carbons (Fsp3) is 0.562. The van der Waals surface area contributed by atoms with Gasteiger partial charge in [0.15, 0.2) is 0 Å². The number of fused-ring (bicyclic) bond motifs is 1. The van der Waals surface area contributed by atoms with Gasteiger partial charge < -0.3 is 15.2 Å². The Kier molecular flexibility index (Phi) is 3.42. The molecule has 2 aromatic rings. The predicted molar refractivity (Wildman–Crippen MR) is 83.9 cm³/mol. The van der Waals surface area contributed by atoms with Crippen LogP contribution in [0.25, 0.3) is 11.0 Å². The zero-order valence-electron chi connectivity index (χ0n) is 12.6. The summed E-state index contributed by atoms with van der Waals surface area (Å²) in [4.78, 5) is 7.22. The molecule has 1 aromatic heterocycles. The van der Waals surface area contributed by atoms with Gasteiger partial charge in [0, 0.05) is 30.7 Å². The van der Waals surface area contributed by atoms with Gasteiger partial charge in [0.25, 0.3) is 0 Å². The Hall–Kier alpha value is -1.55. The Labute approximate surface area is 120 Å². The van der Waals surface area contributed by atoms with Gasteiger partial charge in [-0.05, 0) is 45.0 Å². The van der Waals surface area contributed by atoms with Crippen LogP contribution in [0.2, 0.25) is 0 Å². The van der Waals surface area contributed by atoms with Gasteiger partial charge in [0.2, 0.25) is 0 Å². The van der Waals surface area contributed by atoms with Crippen LogP contribution in [0, 0.1) is 0 Å². The Morgan fingerprint density at radius 2 is 2.20 bits per heavy atom. The third kappa shape index (κ3) is 2.18. The summed E-state index contributed by atoms with van der Waals surface area (Å²) in [6.45, 7) is 5.65. The molecule has 3 rings (SSSR count). The zero-order chi connectivity index (χ0) is 14.3.